The first-order valence-corrected chi connectivity index (χ1v) is 6.61. The molecule has 2 rings (SSSR count). The molecule has 2 aromatic rings. The molecule has 4 heteroatoms. The summed E-state index contributed by atoms with van der Waals surface area (Å²) in [7, 11) is 0. The number of nitrogens with zero attached hydrogens (tertiary/aromatic N) is 2. The fraction of sp³-hybridized carbons (Fsp3) is 0.286. The number of hydrogen-bond donors (Lipinski definition) is 0. The maximum atomic E-state index is 8.68. The summed E-state index contributed by atoms with van der Waals surface area (Å²) in [5.41, 5.74) is 2.82. The minimum absolute atomic E-state index is 0.488. The van der Waals surface area contributed by atoms with E-state index >= 15 is 0 Å². The maximum Gasteiger partial charge on any atom is 0.151 e. The fourth-order valence-electron chi connectivity index (χ4n) is 1.59. The molecule has 92 valence electrons. The molecule has 0 N–H and O–H groups in total. The third-order valence-electron chi connectivity index (χ3n) is 2.58. The van der Waals surface area contributed by atoms with Gasteiger partial charge in [-0.05, 0) is 31.0 Å². The van der Waals surface area contributed by atoms with E-state index in [0.717, 1.165) is 22.7 Å². The molecular weight excluding hydrogens is 244 g/mol. The number of nitriles is 1. The molecule has 0 unspecified atom stereocenters. The molecule has 3 nitrogen and oxygen atoms in total. The average Bonchev–Trinajstić information content (AvgIpc) is 2.81. The van der Waals surface area contributed by atoms with Crippen molar-refractivity contribution in [2.75, 3.05) is 6.61 Å². The van der Waals surface area contributed by atoms with Gasteiger partial charge in [-0.25, -0.2) is 4.98 Å². The molecule has 0 radical (unpaired) electrons. The van der Waals surface area contributed by atoms with Crippen LogP contribution in [0.1, 0.15) is 21.8 Å². The van der Waals surface area contributed by atoms with Gasteiger partial charge in [-0.2, -0.15) is 5.26 Å². The van der Waals surface area contributed by atoms with Gasteiger partial charge in [0, 0.05) is 11.8 Å². The quantitative estimate of drug-likeness (QED) is 0.845. The molecule has 0 bridgehead atoms. The highest BCUT2D eigenvalue weighted by atomic mass is 32.1. The molecule has 0 saturated carbocycles. The molecular formula is C14H14N2OS. The van der Waals surface area contributed by atoms with Crippen molar-refractivity contribution < 1.29 is 4.74 Å². The zero-order valence-electron chi connectivity index (χ0n) is 10.4. The van der Waals surface area contributed by atoms with Crippen molar-refractivity contribution in [2.45, 2.75) is 20.3 Å². The third-order valence-corrected chi connectivity index (χ3v) is 3.49. The average molecular weight is 258 g/mol. The minimum Gasteiger partial charge on any atom is -0.493 e. The first-order valence-electron chi connectivity index (χ1n) is 5.73. The summed E-state index contributed by atoms with van der Waals surface area (Å²) in [5, 5.41) is 11.4. The second-order valence-electron chi connectivity index (χ2n) is 4.11. The topological polar surface area (TPSA) is 45.9 Å². The monoisotopic (exact) mass is 258 g/mol. The van der Waals surface area contributed by atoms with Crippen LogP contribution in [0.4, 0.5) is 0 Å². The zero-order chi connectivity index (χ0) is 13.0. The number of hydrogen-bond acceptors (Lipinski definition) is 4. The predicted octanol–water partition coefficient (Wildman–Crippen LogP) is 3.25. The summed E-state index contributed by atoms with van der Waals surface area (Å²) in [5.74, 6) is 0.923. The third kappa shape index (κ3) is 3.08. The van der Waals surface area contributed by atoms with Gasteiger partial charge >= 0.3 is 0 Å². The summed E-state index contributed by atoms with van der Waals surface area (Å²) in [6, 6.07) is 8.20. The molecule has 0 spiro atoms. The number of thiazole rings is 1. The molecule has 18 heavy (non-hydrogen) atoms. The zero-order valence-corrected chi connectivity index (χ0v) is 11.3. The SMILES string of the molecule is Cc1ccc(C)c(OCCc2nc(C#N)cs2)c1. The molecule has 1 aromatic carbocycles. The van der Waals surface area contributed by atoms with Crippen LogP contribution >= 0.6 is 11.3 Å². The second kappa shape index (κ2) is 5.65. The van der Waals surface area contributed by atoms with Crippen LogP contribution in [-0.2, 0) is 6.42 Å². The van der Waals surface area contributed by atoms with Crippen LogP contribution in [0.2, 0.25) is 0 Å². The Balaban J connectivity index is 1.92. The highest BCUT2D eigenvalue weighted by Crippen LogP contribution is 2.19. The molecule has 1 aromatic heterocycles. The van der Waals surface area contributed by atoms with Gasteiger partial charge in [0.1, 0.15) is 11.8 Å². The summed E-state index contributed by atoms with van der Waals surface area (Å²) in [6.07, 6.45) is 0.736. The Kier molecular flexibility index (Phi) is 3.96. The molecule has 0 aliphatic rings. The van der Waals surface area contributed by atoms with Gasteiger partial charge in [0.25, 0.3) is 0 Å². The van der Waals surface area contributed by atoms with E-state index in [0.29, 0.717) is 12.3 Å². The van der Waals surface area contributed by atoms with Gasteiger partial charge in [0.15, 0.2) is 5.69 Å². The Morgan fingerprint density at radius 2 is 2.22 bits per heavy atom. The Labute approximate surface area is 111 Å². The maximum absolute atomic E-state index is 8.68. The van der Waals surface area contributed by atoms with E-state index in [1.807, 2.05) is 26.0 Å². The minimum atomic E-state index is 0.488. The predicted molar refractivity (Wildman–Crippen MR) is 71.9 cm³/mol. The van der Waals surface area contributed by atoms with E-state index in [1.54, 1.807) is 5.38 Å². The van der Waals surface area contributed by atoms with Crippen molar-refractivity contribution in [1.82, 2.24) is 4.98 Å². The van der Waals surface area contributed by atoms with E-state index in [1.165, 1.54) is 16.9 Å². The number of benzene rings is 1. The standard InChI is InChI=1S/C14H14N2OS/c1-10-3-4-11(2)13(7-10)17-6-5-14-16-12(8-15)9-18-14/h3-4,7,9H,5-6H2,1-2H3. The van der Waals surface area contributed by atoms with Gasteiger partial charge in [0.2, 0.25) is 0 Å². The number of ether oxygens (including phenoxy) is 1. The van der Waals surface area contributed by atoms with E-state index in [2.05, 4.69) is 17.1 Å². The van der Waals surface area contributed by atoms with Gasteiger partial charge in [0.05, 0.1) is 11.6 Å². The number of aromatic nitrogens is 1. The molecule has 0 atom stereocenters. The Hall–Kier alpha value is -1.86. The van der Waals surface area contributed by atoms with E-state index in [9.17, 15) is 0 Å². The first-order chi connectivity index (χ1) is 8.69. The van der Waals surface area contributed by atoms with Crippen LogP contribution in [0.25, 0.3) is 0 Å². The molecule has 0 aliphatic heterocycles. The van der Waals surface area contributed by atoms with Crippen LogP contribution in [0.15, 0.2) is 23.6 Å². The number of aryl methyl sites for hydroxylation is 2. The smallest absolute Gasteiger partial charge is 0.151 e. The molecule has 0 fully saturated rings. The molecule has 0 amide bonds. The van der Waals surface area contributed by atoms with Gasteiger partial charge in [-0.1, -0.05) is 12.1 Å². The number of rotatable bonds is 4. The lowest BCUT2D eigenvalue weighted by molar-refractivity contribution is 0.319. The van der Waals surface area contributed by atoms with Crippen LogP contribution in [0.5, 0.6) is 5.75 Å². The van der Waals surface area contributed by atoms with Crippen LogP contribution in [0.3, 0.4) is 0 Å². The van der Waals surface area contributed by atoms with Crippen molar-refractivity contribution >= 4 is 11.3 Å². The van der Waals surface area contributed by atoms with Crippen LogP contribution in [0, 0.1) is 25.2 Å². The summed E-state index contributed by atoms with van der Waals surface area (Å²) in [6.45, 7) is 4.67. The highest BCUT2D eigenvalue weighted by molar-refractivity contribution is 7.09. The highest BCUT2D eigenvalue weighted by Gasteiger charge is 2.03. The first kappa shape index (κ1) is 12.6. The lowest BCUT2D eigenvalue weighted by atomic mass is 10.1. The Morgan fingerprint density at radius 1 is 1.39 bits per heavy atom. The Morgan fingerprint density at radius 3 is 2.94 bits per heavy atom. The lowest BCUT2D eigenvalue weighted by Crippen LogP contribution is -2.02. The molecule has 0 saturated heterocycles. The van der Waals surface area contributed by atoms with E-state index in [4.69, 9.17) is 10.00 Å². The largest absolute Gasteiger partial charge is 0.493 e. The Bertz CT molecular complexity index is 584. The van der Waals surface area contributed by atoms with Crippen molar-refractivity contribution in [2.24, 2.45) is 0 Å². The summed E-state index contributed by atoms with van der Waals surface area (Å²) in [4.78, 5) is 4.18. The van der Waals surface area contributed by atoms with Crippen LogP contribution < -0.4 is 4.74 Å². The summed E-state index contributed by atoms with van der Waals surface area (Å²) >= 11 is 1.50. The van der Waals surface area contributed by atoms with Crippen molar-refractivity contribution in [1.29, 1.82) is 5.26 Å². The van der Waals surface area contributed by atoms with Gasteiger partial charge < -0.3 is 4.74 Å². The molecule has 0 aliphatic carbocycles. The van der Waals surface area contributed by atoms with Crippen molar-refractivity contribution in [3.05, 3.63) is 45.4 Å². The van der Waals surface area contributed by atoms with Gasteiger partial charge in [-0.3, -0.25) is 0 Å². The van der Waals surface area contributed by atoms with Crippen LogP contribution in [-0.4, -0.2) is 11.6 Å². The van der Waals surface area contributed by atoms with E-state index in [-0.39, 0.29) is 0 Å². The summed E-state index contributed by atoms with van der Waals surface area (Å²) < 4.78 is 5.75. The lowest BCUT2D eigenvalue weighted by Gasteiger charge is -2.08. The molecule has 1 heterocycles. The van der Waals surface area contributed by atoms with Gasteiger partial charge in [-0.15, -0.1) is 11.3 Å². The fourth-order valence-corrected chi connectivity index (χ4v) is 2.29. The van der Waals surface area contributed by atoms with Crippen molar-refractivity contribution in [3.63, 3.8) is 0 Å². The van der Waals surface area contributed by atoms with Crippen molar-refractivity contribution in [3.8, 4) is 11.8 Å². The normalized spacial score (nSPS) is 10.1. The van der Waals surface area contributed by atoms with E-state index < -0.39 is 0 Å². The second-order valence-corrected chi connectivity index (χ2v) is 5.05.